The second kappa shape index (κ2) is 6.82. The fourth-order valence-electron chi connectivity index (χ4n) is 1.71. The fraction of sp³-hybridized carbons (Fsp3) is 0.500. The second-order valence-electron chi connectivity index (χ2n) is 4.94. The molecule has 0 fully saturated rings. The summed E-state index contributed by atoms with van der Waals surface area (Å²) in [7, 11) is -3.36. The van der Waals surface area contributed by atoms with Crippen molar-refractivity contribution in [3.05, 3.63) is 29.8 Å². The zero-order valence-electron chi connectivity index (χ0n) is 11.3. The van der Waals surface area contributed by atoms with Gasteiger partial charge in [-0.1, -0.05) is 26.0 Å². The SMILES string of the molecule is CC(C)CC(=O)c1ccc(S(=O)(=O)CCCO)cc1. The number of rotatable bonds is 7. The molecule has 1 rings (SSSR count). The number of hydrogen-bond donors (Lipinski definition) is 1. The predicted octanol–water partition coefficient (Wildman–Crippen LogP) is 2.07. The molecule has 0 spiro atoms. The Morgan fingerprint density at radius 2 is 1.79 bits per heavy atom. The monoisotopic (exact) mass is 284 g/mol. The Morgan fingerprint density at radius 3 is 2.26 bits per heavy atom. The van der Waals surface area contributed by atoms with Crippen molar-refractivity contribution >= 4 is 15.6 Å². The van der Waals surface area contributed by atoms with Gasteiger partial charge in [-0.25, -0.2) is 8.42 Å². The summed E-state index contributed by atoms with van der Waals surface area (Å²) in [5.74, 6) is 0.220. The van der Waals surface area contributed by atoms with Crippen LogP contribution in [0.4, 0.5) is 0 Å². The number of Topliss-reactive ketones (excluding diaryl/α,β-unsaturated/α-hetero) is 1. The predicted molar refractivity (Wildman–Crippen MR) is 74.0 cm³/mol. The third kappa shape index (κ3) is 4.76. The molecule has 1 N–H and O–H groups in total. The summed E-state index contributed by atoms with van der Waals surface area (Å²) >= 11 is 0. The van der Waals surface area contributed by atoms with E-state index in [1.54, 1.807) is 12.1 Å². The van der Waals surface area contributed by atoms with E-state index >= 15 is 0 Å². The molecule has 5 heteroatoms. The lowest BCUT2D eigenvalue weighted by Crippen LogP contribution is -2.09. The number of hydrogen-bond acceptors (Lipinski definition) is 4. The molecule has 0 aliphatic rings. The molecular formula is C14H20O4S. The molecule has 1 aromatic carbocycles. The largest absolute Gasteiger partial charge is 0.396 e. The molecule has 0 saturated carbocycles. The maximum atomic E-state index is 11.9. The molecule has 4 nitrogen and oxygen atoms in total. The van der Waals surface area contributed by atoms with Crippen molar-refractivity contribution < 1.29 is 18.3 Å². The van der Waals surface area contributed by atoms with Crippen molar-refractivity contribution in [3.63, 3.8) is 0 Å². The van der Waals surface area contributed by atoms with E-state index < -0.39 is 9.84 Å². The van der Waals surface area contributed by atoms with E-state index in [0.29, 0.717) is 12.0 Å². The first kappa shape index (κ1) is 15.9. The van der Waals surface area contributed by atoms with E-state index in [-0.39, 0.29) is 35.4 Å². The maximum absolute atomic E-state index is 11.9. The van der Waals surface area contributed by atoms with Gasteiger partial charge in [0.1, 0.15) is 0 Å². The van der Waals surface area contributed by atoms with Gasteiger partial charge >= 0.3 is 0 Å². The first-order valence-corrected chi connectivity index (χ1v) is 7.99. The molecule has 19 heavy (non-hydrogen) atoms. The molecule has 0 aliphatic heterocycles. The van der Waals surface area contributed by atoms with Crippen molar-refractivity contribution in [2.45, 2.75) is 31.6 Å². The van der Waals surface area contributed by atoms with Crippen molar-refractivity contribution in [3.8, 4) is 0 Å². The summed E-state index contributed by atoms with van der Waals surface area (Å²) < 4.78 is 23.7. The van der Waals surface area contributed by atoms with Crippen LogP contribution >= 0.6 is 0 Å². The molecule has 1 aromatic rings. The Morgan fingerprint density at radius 1 is 1.21 bits per heavy atom. The van der Waals surface area contributed by atoms with E-state index in [9.17, 15) is 13.2 Å². The van der Waals surface area contributed by atoms with Crippen LogP contribution in [0.15, 0.2) is 29.2 Å². The Kier molecular flexibility index (Phi) is 5.69. The molecule has 0 saturated heterocycles. The van der Waals surface area contributed by atoms with Crippen LogP contribution in [0.1, 0.15) is 37.0 Å². The summed E-state index contributed by atoms with van der Waals surface area (Å²) in [6.07, 6.45) is 0.674. The highest BCUT2D eigenvalue weighted by molar-refractivity contribution is 7.91. The summed E-state index contributed by atoms with van der Waals surface area (Å²) in [4.78, 5) is 12.0. The van der Waals surface area contributed by atoms with E-state index in [0.717, 1.165) is 0 Å². The number of aliphatic hydroxyl groups excluding tert-OH is 1. The van der Waals surface area contributed by atoms with E-state index in [1.165, 1.54) is 12.1 Å². The first-order chi connectivity index (χ1) is 8.86. The number of carbonyl (C=O) groups excluding carboxylic acids is 1. The van der Waals surface area contributed by atoms with Crippen LogP contribution in [0.3, 0.4) is 0 Å². The highest BCUT2D eigenvalue weighted by atomic mass is 32.2. The third-order valence-corrected chi connectivity index (χ3v) is 4.52. The van der Waals surface area contributed by atoms with Gasteiger partial charge < -0.3 is 5.11 Å². The summed E-state index contributed by atoms with van der Waals surface area (Å²) in [6.45, 7) is 3.78. The Labute approximate surface area is 114 Å². The average Bonchev–Trinajstić information content (AvgIpc) is 2.36. The summed E-state index contributed by atoms with van der Waals surface area (Å²) in [5.41, 5.74) is 0.537. The zero-order chi connectivity index (χ0) is 14.5. The van der Waals surface area contributed by atoms with E-state index in [4.69, 9.17) is 5.11 Å². The minimum Gasteiger partial charge on any atom is -0.396 e. The number of carbonyl (C=O) groups is 1. The quantitative estimate of drug-likeness (QED) is 0.778. The molecule has 0 aromatic heterocycles. The number of aliphatic hydroxyl groups is 1. The number of ketones is 1. The van der Waals surface area contributed by atoms with E-state index in [1.807, 2.05) is 13.8 Å². The summed E-state index contributed by atoms with van der Waals surface area (Å²) in [5, 5.41) is 8.67. The third-order valence-electron chi connectivity index (χ3n) is 2.70. The Hall–Kier alpha value is -1.20. The van der Waals surface area contributed by atoms with Crippen LogP contribution in [-0.2, 0) is 9.84 Å². The van der Waals surface area contributed by atoms with Gasteiger partial charge in [-0.3, -0.25) is 4.79 Å². The smallest absolute Gasteiger partial charge is 0.178 e. The van der Waals surface area contributed by atoms with Crippen molar-refractivity contribution in [1.82, 2.24) is 0 Å². The summed E-state index contributed by atoms with van der Waals surface area (Å²) in [6, 6.07) is 6.02. The van der Waals surface area contributed by atoms with E-state index in [2.05, 4.69) is 0 Å². The first-order valence-electron chi connectivity index (χ1n) is 6.33. The van der Waals surface area contributed by atoms with Crippen molar-refractivity contribution in [2.24, 2.45) is 5.92 Å². The number of sulfone groups is 1. The van der Waals surface area contributed by atoms with Gasteiger partial charge in [0, 0.05) is 18.6 Å². The van der Waals surface area contributed by atoms with Crippen LogP contribution in [0, 0.1) is 5.92 Å². The van der Waals surface area contributed by atoms with Crippen molar-refractivity contribution in [1.29, 1.82) is 0 Å². The maximum Gasteiger partial charge on any atom is 0.178 e. The molecule has 0 bridgehead atoms. The molecule has 106 valence electrons. The highest BCUT2D eigenvalue weighted by Gasteiger charge is 2.15. The van der Waals surface area contributed by atoms with Crippen LogP contribution < -0.4 is 0 Å². The lowest BCUT2D eigenvalue weighted by atomic mass is 10.0. The van der Waals surface area contributed by atoms with Crippen LogP contribution in [0.25, 0.3) is 0 Å². The molecule has 0 amide bonds. The minimum atomic E-state index is -3.36. The van der Waals surface area contributed by atoms with Crippen molar-refractivity contribution in [2.75, 3.05) is 12.4 Å². The fourth-order valence-corrected chi connectivity index (χ4v) is 3.00. The molecule has 0 unspecified atom stereocenters. The van der Waals surface area contributed by atoms with Gasteiger partial charge in [-0.05, 0) is 24.5 Å². The average molecular weight is 284 g/mol. The molecule has 0 heterocycles. The second-order valence-corrected chi connectivity index (χ2v) is 7.05. The van der Waals surface area contributed by atoms with Crippen LogP contribution in [0.2, 0.25) is 0 Å². The molecular weight excluding hydrogens is 264 g/mol. The molecule has 0 aliphatic carbocycles. The minimum absolute atomic E-state index is 0.0225. The van der Waals surface area contributed by atoms with Crippen LogP contribution in [-0.4, -0.2) is 31.7 Å². The standard InChI is InChI=1S/C14H20O4S/c1-11(2)10-14(16)12-4-6-13(7-5-12)19(17,18)9-3-8-15/h4-7,11,15H,3,8-10H2,1-2H3. The Bertz CT molecular complexity index is 515. The lowest BCUT2D eigenvalue weighted by Gasteiger charge is -2.06. The highest BCUT2D eigenvalue weighted by Crippen LogP contribution is 2.15. The molecule has 0 atom stereocenters. The van der Waals surface area contributed by atoms with Gasteiger partial charge in [0.05, 0.1) is 10.6 Å². The lowest BCUT2D eigenvalue weighted by molar-refractivity contribution is 0.0967. The van der Waals surface area contributed by atoms with Gasteiger partial charge in [0.2, 0.25) is 0 Å². The zero-order valence-corrected chi connectivity index (χ0v) is 12.1. The normalized spacial score (nSPS) is 11.8. The Balaban J connectivity index is 2.84. The topological polar surface area (TPSA) is 71.4 Å². The van der Waals surface area contributed by atoms with Gasteiger partial charge in [0.25, 0.3) is 0 Å². The van der Waals surface area contributed by atoms with Crippen LogP contribution in [0.5, 0.6) is 0 Å². The number of benzene rings is 1. The van der Waals surface area contributed by atoms with Gasteiger partial charge in [0.15, 0.2) is 15.6 Å². The molecule has 0 radical (unpaired) electrons. The van der Waals surface area contributed by atoms with Gasteiger partial charge in [-0.15, -0.1) is 0 Å². The van der Waals surface area contributed by atoms with Gasteiger partial charge in [-0.2, -0.15) is 0 Å².